The lowest BCUT2D eigenvalue weighted by atomic mass is 9.95. The van der Waals surface area contributed by atoms with Gasteiger partial charge in [0.1, 0.15) is 6.07 Å². The van der Waals surface area contributed by atoms with Crippen LogP contribution in [0.4, 0.5) is 8.78 Å². The summed E-state index contributed by atoms with van der Waals surface area (Å²) in [5.41, 5.74) is -0.434. The van der Waals surface area contributed by atoms with E-state index in [0.717, 1.165) is 0 Å². The van der Waals surface area contributed by atoms with E-state index in [2.05, 4.69) is 0 Å². The zero-order valence-corrected chi connectivity index (χ0v) is 10.2. The fraction of sp³-hybridized carbons (Fsp3) is 0.385. The van der Waals surface area contributed by atoms with Crippen molar-refractivity contribution in [2.24, 2.45) is 0 Å². The Morgan fingerprint density at radius 2 is 2.11 bits per heavy atom. The highest BCUT2D eigenvalue weighted by Gasteiger charge is 2.25. The van der Waals surface area contributed by atoms with Gasteiger partial charge in [-0.05, 0) is 25.0 Å². The Hall–Kier alpha value is -1.96. The third-order valence-electron chi connectivity index (χ3n) is 2.53. The molecule has 0 aromatic heterocycles. The average Bonchev–Trinajstić information content (AvgIpc) is 2.36. The first-order valence-corrected chi connectivity index (χ1v) is 5.57. The number of nitrogens with zero attached hydrogens (tertiary/aromatic N) is 1. The maximum atomic E-state index is 13.1. The zero-order valence-electron chi connectivity index (χ0n) is 10.2. The molecule has 0 fully saturated rings. The second kappa shape index (κ2) is 6.10. The normalized spacial score (nSPS) is 10.2. The first-order chi connectivity index (χ1) is 8.56. The van der Waals surface area contributed by atoms with E-state index in [1.54, 1.807) is 19.9 Å². The fourth-order valence-corrected chi connectivity index (χ4v) is 1.74. The minimum Gasteiger partial charge on any atom is -0.462 e. The van der Waals surface area contributed by atoms with Crippen molar-refractivity contribution < 1.29 is 18.3 Å². The Balaban J connectivity index is 3.51. The average molecular weight is 253 g/mol. The number of hydrogen-bond donors (Lipinski definition) is 0. The van der Waals surface area contributed by atoms with Crippen molar-refractivity contribution >= 4 is 5.97 Å². The zero-order chi connectivity index (χ0) is 13.7. The van der Waals surface area contributed by atoms with Gasteiger partial charge in [0.25, 0.3) is 6.43 Å². The lowest BCUT2D eigenvalue weighted by Crippen LogP contribution is -2.13. The number of carbonyl (C=O) groups is 1. The van der Waals surface area contributed by atoms with Gasteiger partial charge in [0.2, 0.25) is 0 Å². The summed E-state index contributed by atoms with van der Waals surface area (Å²) < 4.78 is 30.9. The van der Waals surface area contributed by atoms with Gasteiger partial charge in [-0.1, -0.05) is 13.0 Å². The summed E-state index contributed by atoms with van der Waals surface area (Å²) in [6.45, 7) is 3.36. The van der Waals surface area contributed by atoms with Crippen LogP contribution in [-0.4, -0.2) is 12.6 Å². The van der Waals surface area contributed by atoms with Gasteiger partial charge in [0, 0.05) is 5.56 Å². The summed E-state index contributed by atoms with van der Waals surface area (Å²) in [5, 5.41) is 8.90. The van der Waals surface area contributed by atoms with E-state index in [1.165, 1.54) is 12.1 Å². The molecule has 1 rings (SSSR count). The monoisotopic (exact) mass is 253 g/mol. The van der Waals surface area contributed by atoms with Crippen molar-refractivity contribution in [3.8, 4) is 6.07 Å². The lowest BCUT2D eigenvalue weighted by molar-refractivity contribution is 0.0514. The molecule has 0 bridgehead atoms. The molecule has 0 aliphatic heterocycles. The third kappa shape index (κ3) is 2.65. The number of aryl methyl sites for hydroxylation is 1. The van der Waals surface area contributed by atoms with Crippen molar-refractivity contribution in [1.82, 2.24) is 0 Å². The Labute approximate surface area is 104 Å². The summed E-state index contributed by atoms with van der Waals surface area (Å²) >= 11 is 0. The molecule has 0 saturated carbocycles. The second-order valence-electron chi connectivity index (χ2n) is 3.55. The molecule has 1 aromatic rings. The van der Waals surface area contributed by atoms with Crippen molar-refractivity contribution in [2.75, 3.05) is 6.61 Å². The van der Waals surface area contributed by atoms with E-state index in [-0.39, 0.29) is 17.7 Å². The number of nitriles is 1. The van der Waals surface area contributed by atoms with Crippen LogP contribution in [0.25, 0.3) is 0 Å². The molecule has 0 unspecified atom stereocenters. The first-order valence-electron chi connectivity index (χ1n) is 5.57. The van der Waals surface area contributed by atoms with Crippen LogP contribution >= 0.6 is 0 Å². The summed E-state index contributed by atoms with van der Waals surface area (Å²) in [6.07, 6.45) is -2.45. The molecule has 0 N–H and O–H groups in total. The van der Waals surface area contributed by atoms with Crippen LogP contribution in [0.2, 0.25) is 0 Å². The van der Waals surface area contributed by atoms with Crippen LogP contribution in [-0.2, 0) is 11.2 Å². The number of esters is 1. The largest absolute Gasteiger partial charge is 0.462 e. The van der Waals surface area contributed by atoms with Gasteiger partial charge < -0.3 is 4.74 Å². The molecule has 0 spiro atoms. The molecule has 3 nitrogen and oxygen atoms in total. The Bertz CT molecular complexity index is 492. The number of rotatable bonds is 4. The third-order valence-corrected chi connectivity index (χ3v) is 2.53. The van der Waals surface area contributed by atoms with Crippen molar-refractivity contribution in [3.05, 3.63) is 34.4 Å². The predicted octanol–water partition coefficient (Wildman–Crippen LogP) is 3.23. The number of hydrogen-bond acceptors (Lipinski definition) is 3. The second-order valence-corrected chi connectivity index (χ2v) is 3.55. The molecule has 5 heteroatoms. The maximum absolute atomic E-state index is 13.1. The standard InChI is InChI=1S/C13H13F2NO2/c1-3-8-5-6-9(7-16)11(10(8)12(14)15)13(17)18-4-2/h5-6,12H,3-4H2,1-2H3. The lowest BCUT2D eigenvalue weighted by Gasteiger charge is -2.13. The van der Waals surface area contributed by atoms with Gasteiger partial charge in [0.15, 0.2) is 0 Å². The van der Waals surface area contributed by atoms with Crippen LogP contribution < -0.4 is 0 Å². The van der Waals surface area contributed by atoms with Crippen LogP contribution in [0.15, 0.2) is 12.1 Å². The van der Waals surface area contributed by atoms with Gasteiger partial charge in [-0.15, -0.1) is 0 Å². The topological polar surface area (TPSA) is 50.1 Å². The molecule has 0 aliphatic carbocycles. The van der Waals surface area contributed by atoms with Crippen LogP contribution in [0.5, 0.6) is 0 Å². The summed E-state index contributed by atoms with van der Waals surface area (Å²) in [7, 11) is 0. The van der Waals surface area contributed by atoms with Crippen LogP contribution in [0.3, 0.4) is 0 Å². The van der Waals surface area contributed by atoms with E-state index in [1.807, 2.05) is 0 Å². The minimum atomic E-state index is -2.81. The smallest absolute Gasteiger partial charge is 0.339 e. The van der Waals surface area contributed by atoms with Crippen molar-refractivity contribution in [1.29, 1.82) is 5.26 Å². The van der Waals surface area contributed by atoms with E-state index in [0.29, 0.717) is 12.0 Å². The van der Waals surface area contributed by atoms with Gasteiger partial charge in [-0.25, -0.2) is 13.6 Å². The number of benzene rings is 1. The van der Waals surface area contributed by atoms with E-state index in [9.17, 15) is 13.6 Å². The van der Waals surface area contributed by atoms with E-state index >= 15 is 0 Å². The highest BCUT2D eigenvalue weighted by molar-refractivity contribution is 5.94. The number of carbonyl (C=O) groups excluding carboxylic acids is 1. The maximum Gasteiger partial charge on any atom is 0.339 e. The van der Waals surface area contributed by atoms with Crippen LogP contribution in [0, 0.1) is 11.3 Å². The highest BCUT2D eigenvalue weighted by atomic mass is 19.3. The van der Waals surface area contributed by atoms with Gasteiger partial charge in [-0.2, -0.15) is 5.26 Å². The van der Waals surface area contributed by atoms with E-state index < -0.39 is 18.0 Å². The predicted molar refractivity (Wildman–Crippen MR) is 61.4 cm³/mol. The van der Waals surface area contributed by atoms with Gasteiger partial charge >= 0.3 is 5.97 Å². The molecular formula is C13H13F2NO2. The van der Waals surface area contributed by atoms with Gasteiger partial charge in [-0.3, -0.25) is 0 Å². The molecule has 0 atom stereocenters. The molecule has 0 heterocycles. The number of ether oxygens (including phenoxy) is 1. The SMILES string of the molecule is CCOC(=O)c1c(C#N)ccc(CC)c1C(F)F. The van der Waals surface area contributed by atoms with Gasteiger partial charge in [0.05, 0.1) is 17.7 Å². The van der Waals surface area contributed by atoms with Crippen molar-refractivity contribution in [3.63, 3.8) is 0 Å². The quantitative estimate of drug-likeness (QED) is 0.774. The Morgan fingerprint density at radius 3 is 2.56 bits per heavy atom. The van der Waals surface area contributed by atoms with E-state index in [4.69, 9.17) is 10.00 Å². The highest BCUT2D eigenvalue weighted by Crippen LogP contribution is 2.30. The summed E-state index contributed by atoms with van der Waals surface area (Å²) in [6, 6.07) is 4.57. The fourth-order valence-electron chi connectivity index (χ4n) is 1.74. The Kier molecular flexibility index (Phi) is 4.78. The molecule has 1 aromatic carbocycles. The molecule has 0 amide bonds. The first kappa shape index (κ1) is 14.1. The summed E-state index contributed by atoms with van der Waals surface area (Å²) in [4.78, 5) is 11.7. The molecule has 18 heavy (non-hydrogen) atoms. The molecule has 0 radical (unpaired) electrons. The van der Waals surface area contributed by atoms with Crippen molar-refractivity contribution in [2.45, 2.75) is 26.7 Å². The number of halogens is 2. The molecule has 0 aliphatic rings. The minimum absolute atomic E-state index is 0.0722. The molecule has 96 valence electrons. The number of alkyl halides is 2. The Morgan fingerprint density at radius 1 is 1.44 bits per heavy atom. The summed E-state index contributed by atoms with van der Waals surface area (Å²) in [5.74, 6) is -0.875. The molecule has 0 saturated heterocycles. The van der Waals surface area contributed by atoms with Crippen LogP contribution in [0.1, 0.15) is 47.3 Å². The molecular weight excluding hydrogens is 240 g/mol.